The van der Waals surface area contributed by atoms with E-state index in [1.807, 2.05) is 29.6 Å². The van der Waals surface area contributed by atoms with Crippen molar-refractivity contribution in [3.63, 3.8) is 0 Å². The Labute approximate surface area is 169 Å². The predicted octanol–water partition coefficient (Wildman–Crippen LogP) is 4.14. The molecule has 28 heavy (non-hydrogen) atoms. The number of hydrogen-bond donors (Lipinski definition) is 1. The molecule has 1 amide bonds. The Morgan fingerprint density at radius 1 is 1.21 bits per heavy atom. The second-order valence-corrected chi connectivity index (χ2v) is 7.05. The van der Waals surface area contributed by atoms with Crippen molar-refractivity contribution in [2.45, 2.75) is 0 Å². The molecule has 4 rings (SSSR count). The van der Waals surface area contributed by atoms with Crippen molar-refractivity contribution >= 4 is 39.8 Å². The summed E-state index contributed by atoms with van der Waals surface area (Å²) in [5.74, 6) is 1.18. The summed E-state index contributed by atoms with van der Waals surface area (Å²) in [5, 5.41) is 9.59. The van der Waals surface area contributed by atoms with Gasteiger partial charge in [-0.05, 0) is 36.4 Å². The lowest BCUT2D eigenvalue weighted by atomic mass is 10.2. The van der Waals surface area contributed by atoms with Gasteiger partial charge in [-0.1, -0.05) is 23.7 Å². The van der Waals surface area contributed by atoms with Gasteiger partial charge in [-0.25, -0.2) is 4.52 Å². The van der Waals surface area contributed by atoms with Gasteiger partial charge in [-0.2, -0.15) is 4.98 Å². The standard InChI is InChI=1S/C19H15ClN4O3S/c1-26-15-4-2-3-12(9-15)16-11-28-19-22-18(23-24(16)19)21-17(25)10-27-14-7-5-13(20)6-8-14/h2-9,11H,10H2,1H3,(H,21,23,25). The molecule has 0 atom stereocenters. The van der Waals surface area contributed by atoms with Crippen LogP contribution in [0.1, 0.15) is 0 Å². The topological polar surface area (TPSA) is 77.8 Å². The van der Waals surface area contributed by atoms with Gasteiger partial charge in [0.15, 0.2) is 6.61 Å². The number of thiazole rings is 1. The van der Waals surface area contributed by atoms with Gasteiger partial charge in [0.2, 0.25) is 4.96 Å². The van der Waals surface area contributed by atoms with E-state index < -0.39 is 0 Å². The smallest absolute Gasteiger partial charge is 0.264 e. The predicted molar refractivity (Wildman–Crippen MR) is 108 cm³/mol. The molecule has 0 saturated heterocycles. The maximum Gasteiger partial charge on any atom is 0.264 e. The third-order valence-electron chi connectivity index (χ3n) is 3.88. The Morgan fingerprint density at radius 2 is 2.04 bits per heavy atom. The molecule has 0 unspecified atom stereocenters. The number of nitrogens with zero attached hydrogens (tertiary/aromatic N) is 3. The first kappa shape index (κ1) is 18.3. The molecular formula is C19H15ClN4O3S. The molecule has 0 aliphatic heterocycles. The van der Waals surface area contributed by atoms with Crippen molar-refractivity contribution in [2.75, 3.05) is 19.0 Å². The van der Waals surface area contributed by atoms with Crippen molar-refractivity contribution in [2.24, 2.45) is 0 Å². The molecule has 4 aromatic rings. The molecule has 0 aliphatic rings. The lowest BCUT2D eigenvalue weighted by Crippen LogP contribution is -2.20. The first-order valence-corrected chi connectivity index (χ1v) is 9.55. The van der Waals surface area contributed by atoms with Gasteiger partial charge in [0.1, 0.15) is 11.5 Å². The number of methoxy groups -OCH3 is 1. The molecule has 0 fully saturated rings. The van der Waals surface area contributed by atoms with E-state index in [-0.39, 0.29) is 18.5 Å². The summed E-state index contributed by atoms with van der Waals surface area (Å²) in [6, 6.07) is 14.4. The second kappa shape index (κ2) is 7.87. The van der Waals surface area contributed by atoms with Gasteiger partial charge in [0, 0.05) is 16.0 Å². The first-order valence-electron chi connectivity index (χ1n) is 8.29. The minimum atomic E-state index is -0.351. The van der Waals surface area contributed by atoms with Crippen molar-refractivity contribution in [3.8, 4) is 22.8 Å². The van der Waals surface area contributed by atoms with E-state index in [0.29, 0.717) is 15.7 Å². The third-order valence-corrected chi connectivity index (χ3v) is 4.95. The number of anilines is 1. The Bertz CT molecular complexity index is 1120. The molecule has 142 valence electrons. The highest BCUT2D eigenvalue weighted by Gasteiger charge is 2.14. The number of aromatic nitrogens is 3. The van der Waals surface area contributed by atoms with Crippen LogP contribution < -0.4 is 14.8 Å². The number of hydrogen-bond acceptors (Lipinski definition) is 6. The summed E-state index contributed by atoms with van der Waals surface area (Å²) in [7, 11) is 1.62. The molecule has 2 aromatic carbocycles. The van der Waals surface area contributed by atoms with Crippen molar-refractivity contribution in [1.82, 2.24) is 14.6 Å². The number of fused-ring (bicyclic) bond motifs is 1. The number of amides is 1. The highest BCUT2D eigenvalue weighted by atomic mass is 35.5. The van der Waals surface area contributed by atoms with Crippen molar-refractivity contribution < 1.29 is 14.3 Å². The van der Waals surface area contributed by atoms with Crippen molar-refractivity contribution in [3.05, 3.63) is 58.9 Å². The summed E-state index contributed by atoms with van der Waals surface area (Å²) in [4.78, 5) is 17.1. The molecule has 7 nitrogen and oxygen atoms in total. The van der Waals surface area contributed by atoms with Crippen LogP contribution in [0.5, 0.6) is 11.5 Å². The van der Waals surface area contributed by atoms with E-state index in [1.165, 1.54) is 11.3 Å². The molecule has 1 N–H and O–H groups in total. The Balaban J connectivity index is 1.47. The van der Waals surface area contributed by atoms with E-state index in [9.17, 15) is 4.79 Å². The fourth-order valence-corrected chi connectivity index (χ4v) is 3.51. The normalized spacial score (nSPS) is 10.8. The Hall–Kier alpha value is -3.10. The minimum absolute atomic E-state index is 0.156. The van der Waals surface area contributed by atoms with Crippen LogP contribution in [-0.4, -0.2) is 34.2 Å². The molecular weight excluding hydrogens is 400 g/mol. The number of rotatable bonds is 6. The molecule has 0 aliphatic carbocycles. The summed E-state index contributed by atoms with van der Waals surface area (Å²) in [6.07, 6.45) is 0. The van der Waals surface area contributed by atoms with E-state index in [0.717, 1.165) is 17.0 Å². The quantitative estimate of drug-likeness (QED) is 0.513. The zero-order valence-corrected chi connectivity index (χ0v) is 16.3. The lowest BCUT2D eigenvalue weighted by molar-refractivity contribution is -0.118. The number of ether oxygens (including phenoxy) is 2. The van der Waals surface area contributed by atoms with Crippen LogP contribution >= 0.6 is 22.9 Å². The van der Waals surface area contributed by atoms with Gasteiger partial charge in [-0.15, -0.1) is 16.4 Å². The average Bonchev–Trinajstić information content (AvgIpc) is 3.27. The fourth-order valence-electron chi connectivity index (χ4n) is 2.56. The number of carbonyl (C=O) groups is 1. The van der Waals surface area contributed by atoms with Gasteiger partial charge in [-0.3, -0.25) is 10.1 Å². The SMILES string of the molecule is COc1cccc(-c2csc3nc(NC(=O)COc4ccc(Cl)cc4)nn23)c1. The number of nitrogens with one attached hydrogen (secondary N) is 1. The van der Waals surface area contributed by atoms with E-state index >= 15 is 0 Å². The maximum atomic E-state index is 12.1. The first-order chi connectivity index (χ1) is 13.6. The van der Waals surface area contributed by atoms with E-state index in [2.05, 4.69) is 15.4 Å². The zero-order valence-electron chi connectivity index (χ0n) is 14.8. The van der Waals surface area contributed by atoms with Crippen LogP contribution in [0.25, 0.3) is 16.2 Å². The molecule has 0 bridgehead atoms. The van der Waals surface area contributed by atoms with Crippen LogP contribution in [0.3, 0.4) is 0 Å². The van der Waals surface area contributed by atoms with Gasteiger partial charge >= 0.3 is 0 Å². The van der Waals surface area contributed by atoms with Gasteiger partial charge in [0.25, 0.3) is 11.9 Å². The maximum absolute atomic E-state index is 12.1. The van der Waals surface area contributed by atoms with Gasteiger partial charge in [0.05, 0.1) is 12.8 Å². The van der Waals surface area contributed by atoms with Gasteiger partial charge < -0.3 is 9.47 Å². The van der Waals surface area contributed by atoms with E-state index in [4.69, 9.17) is 21.1 Å². The summed E-state index contributed by atoms with van der Waals surface area (Å²) in [6.45, 7) is -0.156. The molecule has 9 heteroatoms. The second-order valence-electron chi connectivity index (χ2n) is 5.77. The molecule has 0 saturated carbocycles. The van der Waals surface area contributed by atoms with Crippen LogP contribution in [0.4, 0.5) is 5.95 Å². The highest BCUT2D eigenvalue weighted by Crippen LogP contribution is 2.28. The Kier molecular flexibility index (Phi) is 5.14. The van der Waals surface area contributed by atoms with E-state index in [1.54, 1.807) is 35.9 Å². The third kappa shape index (κ3) is 3.92. The van der Waals surface area contributed by atoms with Crippen LogP contribution in [0.15, 0.2) is 53.9 Å². The van der Waals surface area contributed by atoms with Crippen LogP contribution in [0, 0.1) is 0 Å². The molecule has 0 radical (unpaired) electrons. The average molecular weight is 415 g/mol. The van der Waals surface area contributed by atoms with Crippen LogP contribution in [0.2, 0.25) is 5.02 Å². The summed E-state index contributed by atoms with van der Waals surface area (Å²) < 4.78 is 12.4. The summed E-state index contributed by atoms with van der Waals surface area (Å²) in [5.41, 5.74) is 1.81. The monoisotopic (exact) mass is 414 g/mol. The number of halogens is 1. The fraction of sp³-hybridized carbons (Fsp3) is 0.105. The number of carbonyl (C=O) groups excluding carboxylic acids is 1. The molecule has 2 aromatic heterocycles. The molecule has 2 heterocycles. The largest absolute Gasteiger partial charge is 0.497 e. The summed E-state index contributed by atoms with van der Waals surface area (Å²) >= 11 is 7.26. The van der Waals surface area contributed by atoms with Crippen molar-refractivity contribution in [1.29, 1.82) is 0 Å². The Morgan fingerprint density at radius 3 is 2.82 bits per heavy atom. The number of benzene rings is 2. The minimum Gasteiger partial charge on any atom is -0.497 e. The lowest BCUT2D eigenvalue weighted by Gasteiger charge is -2.05. The molecule has 0 spiro atoms. The highest BCUT2D eigenvalue weighted by molar-refractivity contribution is 7.15. The van der Waals surface area contributed by atoms with Crippen LogP contribution in [-0.2, 0) is 4.79 Å². The zero-order chi connectivity index (χ0) is 19.5.